The van der Waals surface area contributed by atoms with Crippen LogP contribution >= 0.6 is 0 Å². The minimum absolute atomic E-state index is 0.0145. The molecule has 2 saturated heterocycles. The number of carbonyl (C=O) groups excluding carboxylic acids is 1. The summed E-state index contributed by atoms with van der Waals surface area (Å²) >= 11 is 0. The van der Waals surface area contributed by atoms with Gasteiger partial charge in [0, 0.05) is 45.0 Å². The van der Waals surface area contributed by atoms with Gasteiger partial charge in [-0.2, -0.15) is 0 Å². The zero-order valence-electron chi connectivity index (χ0n) is 13.3. The fourth-order valence-corrected chi connectivity index (χ4v) is 2.98. The molecule has 5 nitrogen and oxygen atoms in total. The first-order valence-corrected chi connectivity index (χ1v) is 8.14. The van der Waals surface area contributed by atoms with E-state index >= 15 is 0 Å². The molecule has 22 heavy (non-hydrogen) atoms. The number of ether oxygens (including phenoxy) is 1. The van der Waals surface area contributed by atoms with E-state index in [4.69, 9.17) is 4.74 Å². The number of nitrogens with one attached hydrogen (secondary N) is 1. The molecule has 0 spiro atoms. The molecular formula is C17H25N3O2. The molecule has 1 amide bonds. The highest BCUT2D eigenvalue weighted by Gasteiger charge is 2.23. The summed E-state index contributed by atoms with van der Waals surface area (Å²) in [5, 5.41) is 2.96. The molecule has 2 aliphatic rings. The third-order valence-corrected chi connectivity index (χ3v) is 4.49. The van der Waals surface area contributed by atoms with Crippen LogP contribution in [0.25, 0.3) is 0 Å². The first kappa shape index (κ1) is 15.3. The molecule has 1 atom stereocenters. The second kappa shape index (κ2) is 7.11. The Morgan fingerprint density at radius 2 is 1.95 bits per heavy atom. The first-order chi connectivity index (χ1) is 10.7. The van der Waals surface area contributed by atoms with Crippen molar-refractivity contribution in [2.75, 3.05) is 44.7 Å². The number of hydrogen-bond acceptors (Lipinski definition) is 4. The number of carbonyl (C=O) groups is 1. The van der Waals surface area contributed by atoms with Crippen molar-refractivity contribution in [2.24, 2.45) is 0 Å². The van der Waals surface area contributed by atoms with Gasteiger partial charge in [0.05, 0.1) is 0 Å². The molecule has 0 aromatic heterocycles. The van der Waals surface area contributed by atoms with Gasteiger partial charge in [0.15, 0.2) is 0 Å². The van der Waals surface area contributed by atoms with Crippen molar-refractivity contribution >= 4 is 11.6 Å². The van der Waals surface area contributed by atoms with Gasteiger partial charge < -0.3 is 19.9 Å². The average Bonchev–Trinajstić information content (AvgIpc) is 3.08. The number of amides is 1. The summed E-state index contributed by atoms with van der Waals surface area (Å²) in [5.41, 5.74) is 2.39. The Labute approximate surface area is 132 Å². The lowest BCUT2D eigenvalue weighted by Crippen LogP contribution is -2.44. The fraction of sp³-hybridized carbons (Fsp3) is 0.588. The van der Waals surface area contributed by atoms with E-state index in [0.717, 1.165) is 44.6 Å². The number of likely N-dealkylation sites (N-methyl/N-ethyl adjacent to an activating group) is 1. The van der Waals surface area contributed by atoms with Gasteiger partial charge in [-0.25, -0.2) is 0 Å². The third kappa shape index (κ3) is 3.78. The molecule has 0 saturated carbocycles. The number of nitrogens with zero attached hydrogens (tertiary/aromatic N) is 2. The maximum atomic E-state index is 11.9. The fourth-order valence-electron chi connectivity index (χ4n) is 2.98. The third-order valence-electron chi connectivity index (χ3n) is 4.49. The van der Waals surface area contributed by atoms with Crippen molar-refractivity contribution in [3.63, 3.8) is 0 Å². The summed E-state index contributed by atoms with van der Waals surface area (Å²) in [6, 6.07) is 8.50. The minimum Gasteiger partial charge on any atom is -0.369 e. The molecule has 2 fully saturated rings. The number of benzene rings is 1. The van der Waals surface area contributed by atoms with E-state index in [1.165, 1.54) is 5.69 Å². The van der Waals surface area contributed by atoms with E-state index in [1.807, 2.05) is 0 Å². The lowest BCUT2D eigenvalue weighted by Gasteiger charge is -2.34. The minimum atomic E-state index is -0.246. The van der Waals surface area contributed by atoms with Crippen LogP contribution < -0.4 is 10.2 Å². The largest absolute Gasteiger partial charge is 0.369 e. The zero-order chi connectivity index (χ0) is 15.4. The number of piperazine rings is 1. The van der Waals surface area contributed by atoms with E-state index in [9.17, 15) is 4.79 Å². The summed E-state index contributed by atoms with van der Waals surface area (Å²) in [5.74, 6) is 0.0145. The number of anilines is 1. The van der Waals surface area contributed by atoms with Crippen LogP contribution in [0.3, 0.4) is 0 Å². The summed E-state index contributed by atoms with van der Waals surface area (Å²) in [6.45, 7) is 5.65. The summed E-state index contributed by atoms with van der Waals surface area (Å²) in [4.78, 5) is 16.7. The quantitative estimate of drug-likeness (QED) is 0.909. The van der Waals surface area contributed by atoms with Crippen LogP contribution in [0.15, 0.2) is 24.3 Å². The predicted molar refractivity (Wildman–Crippen MR) is 87.0 cm³/mol. The van der Waals surface area contributed by atoms with Crippen molar-refractivity contribution in [3.05, 3.63) is 29.8 Å². The molecule has 3 rings (SSSR count). The van der Waals surface area contributed by atoms with Gasteiger partial charge >= 0.3 is 0 Å². The monoisotopic (exact) mass is 303 g/mol. The number of rotatable bonds is 4. The van der Waals surface area contributed by atoms with Crippen LogP contribution in [0.2, 0.25) is 0 Å². The van der Waals surface area contributed by atoms with Crippen molar-refractivity contribution < 1.29 is 9.53 Å². The van der Waals surface area contributed by atoms with E-state index in [0.29, 0.717) is 13.2 Å². The number of hydrogen-bond donors (Lipinski definition) is 1. The molecule has 5 heteroatoms. The predicted octanol–water partition coefficient (Wildman–Crippen LogP) is 1.23. The van der Waals surface area contributed by atoms with Crippen molar-refractivity contribution in [2.45, 2.75) is 25.5 Å². The molecular weight excluding hydrogens is 278 g/mol. The maximum absolute atomic E-state index is 11.9. The Balaban J connectivity index is 1.50. The lowest BCUT2D eigenvalue weighted by atomic mass is 10.1. The molecule has 1 N–H and O–H groups in total. The zero-order valence-corrected chi connectivity index (χ0v) is 13.3. The molecule has 1 aromatic rings. The van der Waals surface area contributed by atoms with Crippen molar-refractivity contribution in [1.29, 1.82) is 0 Å². The SMILES string of the molecule is CN1CCN(c2ccc(CNC(=O)C3CCCO3)cc2)CC1. The molecule has 0 aliphatic carbocycles. The van der Waals surface area contributed by atoms with E-state index in [-0.39, 0.29) is 12.0 Å². The van der Waals surface area contributed by atoms with E-state index in [2.05, 4.69) is 46.4 Å². The maximum Gasteiger partial charge on any atom is 0.249 e. The first-order valence-electron chi connectivity index (χ1n) is 8.14. The highest BCUT2D eigenvalue weighted by molar-refractivity contribution is 5.80. The van der Waals surface area contributed by atoms with Gasteiger partial charge in [0.1, 0.15) is 6.10 Å². The Hall–Kier alpha value is -1.59. The average molecular weight is 303 g/mol. The van der Waals surface area contributed by atoms with Gasteiger partial charge in [-0.1, -0.05) is 12.1 Å². The van der Waals surface area contributed by atoms with Gasteiger partial charge in [0.25, 0.3) is 0 Å². The second-order valence-electron chi connectivity index (χ2n) is 6.18. The Kier molecular flexibility index (Phi) is 4.95. The van der Waals surface area contributed by atoms with Crippen LogP contribution in [0.4, 0.5) is 5.69 Å². The molecule has 1 unspecified atom stereocenters. The summed E-state index contributed by atoms with van der Waals surface area (Å²) in [7, 11) is 2.16. The van der Waals surface area contributed by atoms with Crippen LogP contribution in [0.5, 0.6) is 0 Å². The molecule has 1 aromatic carbocycles. The van der Waals surface area contributed by atoms with E-state index < -0.39 is 0 Å². The van der Waals surface area contributed by atoms with Gasteiger partial charge in [-0.3, -0.25) is 4.79 Å². The Bertz CT molecular complexity index is 489. The van der Waals surface area contributed by atoms with Crippen LogP contribution in [-0.2, 0) is 16.1 Å². The topological polar surface area (TPSA) is 44.8 Å². The van der Waals surface area contributed by atoms with Crippen LogP contribution in [-0.4, -0.2) is 56.7 Å². The molecule has 0 bridgehead atoms. The smallest absolute Gasteiger partial charge is 0.249 e. The molecule has 0 radical (unpaired) electrons. The molecule has 2 heterocycles. The highest BCUT2D eigenvalue weighted by Crippen LogP contribution is 2.17. The Morgan fingerprint density at radius 1 is 1.23 bits per heavy atom. The molecule has 2 aliphatic heterocycles. The van der Waals surface area contributed by atoms with Crippen molar-refractivity contribution in [1.82, 2.24) is 10.2 Å². The van der Waals surface area contributed by atoms with Crippen molar-refractivity contribution in [3.8, 4) is 0 Å². The highest BCUT2D eigenvalue weighted by atomic mass is 16.5. The lowest BCUT2D eigenvalue weighted by molar-refractivity contribution is -0.130. The Morgan fingerprint density at radius 3 is 2.59 bits per heavy atom. The standard InChI is InChI=1S/C17H25N3O2/c1-19-8-10-20(11-9-19)15-6-4-14(5-7-15)13-18-17(21)16-3-2-12-22-16/h4-7,16H,2-3,8-13H2,1H3,(H,18,21). The normalized spacial score (nSPS) is 22.8. The summed E-state index contributed by atoms with van der Waals surface area (Å²) in [6.07, 6.45) is 1.58. The van der Waals surface area contributed by atoms with E-state index in [1.54, 1.807) is 0 Å². The van der Waals surface area contributed by atoms with Crippen LogP contribution in [0.1, 0.15) is 18.4 Å². The second-order valence-corrected chi connectivity index (χ2v) is 6.18. The van der Waals surface area contributed by atoms with Gasteiger partial charge in [0.2, 0.25) is 5.91 Å². The summed E-state index contributed by atoms with van der Waals surface area (Å²) < 4.78 is 5.39. The van der Waals surface area contributed by atoms with Crippen LogP contribution in [0, 0.1) is 0 Å². The van der Waals surface area contributed by atoms with Gasteiger partial charge in [-0.05, 0) is 37.6 Å². The van der Waals surface area contributed by atoms with Gasteiger partial charge in [-0.15, -0.1) is 0 Å². The molecule has 120 valence electrons.